The third-order valence-corrected chi connectivity index (χ3v) is 4.26. The first-order chi connectivity index (χ1) is 12.3. The molecule has 0 fully saturated rings. The monoisotopic (exact) mass is 380 g/mol. The number of carbonyl (C=O) groups is 1. The second-order valence-electron chi connectivity index (χ2n) is 5.48. The zero-order valence-corrected chi connectivity index (χ0v) is 13.9. The second-order valence-corrected chi connectivity index (χ2v) is 5.86. The van der Waals surface area contributed by atoms with E-state index in [-0.39, 0.29) is 11.3 Å². The first kappa shape index (κ1) is 18.0. The molecule has 134 valence electrons. The van der Waals surface area contributed by atoms with Crippen LogP contribution in [0.1, 0.15) is 15.9 Å². The van der Waals surface area contributed by atoms with Gasteiger partial charge in [0.2, 0.25) is 0 Å². The molecule has 26 heavy (non-hydrogen) atoms. The predicted octanol–water partition coefficient (Wildman–Crippen LogP) is 4.33. The third kappa shape index (κ3) is 2.95. The van der Waals surface area contributed by atoms with E-state index < -0.39 is 46.2 Å². The van der Waals surface area contributed by atoms with E-state index in [1.54, 1.807) is 24.3 Å². The number of carbonyl (C=O) groups excluding carboxylic acids is 1. The van der Waals surface area contributed by atoms with E-state index in [0.29, 0.717) is 10.8 Å². The van der Waals surface area contributed by atoms with Gasteiger partial charge in [0.25, 0.3) is 5.91 Å². The van der Waals surface area contributed by atoms with Crippen molar-refractivity contribution in [3.63, 3.8) is 0 Å². The summed E-state index contributed by atoms with van der Waals surface area (Å²) in [4.78, 5) is 12.4. The minimum Gasteiger partial charge on any atom is -0.507 e. The molecule has 3 aromatic rings. The quantitative estimate of drug-likeness (QED) is 0.467. The molecule has 0 heterocycles. The van der Waals surface area contributed by atoms with Crippen LogP contribution in [0.5, 0.6) is 5.75 Å². The Morgan fingerprint density at radius 3 is 2.31 bits per heavy atom. The fraction of sp³-hybridized carbons (Fsp3) is 0.0556. The van der Waals surface area contributed by atoms with Crippen LogP contribution in [0.4, 0.5) is 18.9 Å². The van der Waals surface area contributed by atoms with Crippen LogP contribution in [-0.4, -0.2) is 11.0 Å². The number of phenolic OH excluding ortho intramolecular Hbond substituents is 1. The van der Waals surface area contributed by atoms with Gasteiger partial charge in [-0.2, -0.15) is 0 Å². The number of halogens is 4. The molecular formula is C18H12ClF3N2O2. The van der Waals surface area contributed by atoms with Crippen molar-refractivity contribution in [3.05, 3.63) is 70.0 Å². The summed E-state index contributed by atoms with van der Waals surface area (Å²) in [7, 11) is 0. The first-order valence-corrected chi connectivity index (χ1v) is 7.81. The molecule has 0 unspecified atom stereocenters. The average Bonchev–Trinajstić information content (AvgIpc) is 2.63. The molecule has 4 N–H and O–H groups in total. The van der Waals surface area contributed by atoms with Gasteiger partial charge in [0.15, 0.2) is 17.5 Å². The third-order valence-electron chi connectivity index (χ3n) is 3.91. The van der Waals surface area contributed by atoms with Crippen molar-refractivity contribution in [2.45, 2.75) is 6.54 Å². The van der Waals surface area contributed by atoms with Gasteiger partial charge in [-0.1, -0.05) is 35.9 Å². The van der Waals surface area contributed by atoms with E-state index in [9.17, 15) is 23.1 Å². The average molecular weight is 381 g/mol. The number of anilines is 1. The Morgan fingerprint density at radius 2 is 1.69 bits per heavy atom. The van der Waals surface area contributed by atoms with E-state index in [4.69, 9.17) is 17.3 Å². The van der Waals surface area contributed by atoms with Crippen molar-refractivity contribution in [1.29, 1.82) is 0 Å². The van der Waals surface area contributed by atoms with E-state index in [0.717, 1.165) is 0 Å². The molecule has 0 saturated heterocycles. The van der Waals surface area contributed by atoms with Crippen LogP contribution in [0, 0.1) is 17.5 Å². The lowest BCUT2D eigenvalue weighted by Gasteiger charge is -2.14. The summed E-state index contributed by atoms with van der Waals surface area (Å²) >= 11 is 5.63. The fourth-order valence-corrected chi connectivity index (χ4v) is 2.78. The van der Waals surface area contributed by atoms with Gasteiger partial charge in [0, 0.05) is 12.1 Å². The van der Waals surface area contributed by atoms with E-state index in [1.165, 1.54) is 12.1 Å². The van der Waals surface area contributed by atoms with Gasteiger partial charge in [-0.25, -0.2) is 13.2 Å². The standard InChI is InChI=1S/C18H12ClF3N2O2/c19-13-16(22)14(20)11(7-23)15(21)17(13)24-18(26)10-5-8-3-1-2-4-9(8)6-12(10)25/h1-6,25H,7,23H2,(H,24,26). The van der Waals surface area contributed by atoms with Crippen molar-refractivity contribution in [1.82, 2.24) is 0 Å². The summed E-state index contributed by atoms with van der Waals surface area (Å²) in [5.41, 5.74) is 3.55. The molecule has 0 aliphatic heterocycles. The number of benzene rings is 3. The molecule has 0 radical (unpaired) electrons. The van der Waals surface area contributed by atoms with Crippen molar-refractivity contribution >= 4 is 34.0 Å². The van der Waals surface area contributed by atoms with Gasteiger partial charge in [-0.3, -0.25) is 4.79 Å². The number of nitrogens with one attached hydrogen (secondary N) is 1. The van der Waals surface area contributed by atoms with Gasteiger partial charge >= 0.3 is 0 Å². The van der Waals surface area contributed by atoms with E-state index >= 15 is 0 Å². The lowest BCUT2D eigenvalue weighted by Crippen LogP contribution is -2.17. The van der Waals surface area contributed by atoms with Crippen LogP contribution in [0.3, 0.4) is 0 Å². The number of nitrogens with two attached hydrogens (primary N) is 1. The number of rotatable bonds is 3. The number of fused-ring (bicyclic) bond motifs is 1. The highest BCUT2D eigenvalue weighted by atomic mass is 35.5. The van der Waals surface area contributed by atoms with Gasteiger partial charge in [0.05, 0.1) is 11.3 Å². The molecule has 3 rings (SSSR count). The highest BCUT2D eigenvalue weighted by molar-refractivity contribution is 6.34. The van der Waals surface area contributed by atoms with E-state index in [1.807, 2.05) is 0 Å². The Balaban J connectivity index is 2.06. The van der Waals surface area contributed by atoms with Crippen LogP contribution in [0.25, 0.3) is 10.8 Å². The van der Waals surface area contributed by atoms with Crippen LogP contribution < -0.4 is 11.1 Å². The Bertz CT molecular complexity index is 1040. The summed E-state index contributed by atoms with van der Waals surface area (Å²) in [6.07, 6.45) is 0. The summed E-state index contributed by atoms with van der Waals surface area (Å²) in [6, 6.07) is 9.68. The predicted molar refractivity (Wildman–Crippen MR) is 92.8 cm³/mol. The molecule has 0 bridgehead atoms. The highest BCUT2D eigenvalue weighted by Crippen LogP contribution is 2.34. The number of hydrogen-bond donors (Lipinski definition) is 3. The summed E-state index contributed by atoms with van der Waals surface area (Å²) < 4.78 is 41.9. The first-order valence-electron chi connectivity index (χ1n) is 7.43. The molecule has 0 saturated carbocycles. The molecule has 0 atom stereocenters. The van der Waals surface area contributed by atoms with Crippen LogP contribution in [0.15, 0.2) is 36.4 Å². The minimum absolute atomic E-state index is 0.182. The molecule has 0 aromatic heterocycles. The Hall–Kier alpha value is -2.77. The number of hydrogen-bond acceptors (Lipinski definition) is 3. The van der Waals surface area contributed by atoms with Crippen LogP contribution in [0.2, 0.25) is 5.02 Å². The van der Waals surface area contributed by atoms with Gasteiger partial charge < -0.3 is 16.2 Å². The van der Waals surface area contributed by atoms with Gasteiger partial charge in [-0.15, -0.1) is 0 Å². The lowest BCUT2D eigenvalue weighted by atomic mass is 10.0. The SMILES string of the molecule is NCc1c(F)c(F)c(Cl)c(NC(=O)c2cc3ccccc3cc2O)c1F. The zero-order valence-electron chi connectivity index (χ0n) is 13.1. The largest absolute Gasteiger partial charge is 0.507 e. The number of aromatic hydroxyl groups is 1. The molecule has 0 aliphatic rings. The van der Waals surface area contributed by atoms with Crippen molar-refractivity contribution in [2.24, 2.45) is 5.73 Å². The van der Waals surface area contributed by atoms with E-state index in [2.05, 4.69) is 5.32 Å². The maximum absolute atomic E-state index is 14.4. The number of amides is 1. The summed E-state index contributed by atoms with van der Waals surface area (Å²) in [5, 5.41) is 12.5. The smallest absolute Gasteiger partial charge is 0.259 e. The molecule has 1 amide bonds. The van der Waals surface area contributed by atoms with Crippen LogP contribution >= 0.6 is 11.6 Å². The molecule has 3 aromatic carbocycles. The summed E-state index contributed by atoms with van der Waals surface area (Å²) in [6.45, 7) is -0.629. The number of phenols is 1. The normalized spacial score (nSPS) is 11.0. The second kappa shape index (κ2) is 6.86. The Kier molecular flexibility index (Phi) is 4.76. The Morgan fingerprint density at radius 1 is 1.08 bits per heavy atom. The molecule has 0 aliphatic carbocycles. The zero-order chi connectivity index (χ0) is 19.0. The summed E-state index contributed by atoms with van der Waals surface area (Å²) in [5.74, 6) is -5.61. The lowest BCUT2D eigenvalue weighted by molar-refractivity contribution is 0.102. The maximum atomic E-state index is 14.4. The van der Waals surface area contributed by atoms with Gasteiger partial charge in [0.1, 0.15) is 10.8 Å². The maximum Gasteiger partial charge on any atom is 0.259 e. The molecule has 0 spiro atoms. The Labute approximate surface area is 151 Å². The van der Waals surface area contributed by atoms with Crippen molar-refractivity contribution < 1.29 is 23.1 Å². The fourth-order valence-electron chi connectivity index (χ4n) is 2.56. The topological polar surface area (TPSA) is 75.3 Å². The molecule has 4 nitrogen and oxygen atoms in total. The van der Waals surface area contributed by atoms with Gasteiger partial charge in [-0.05, 0) is 22.9 Å². The highest BCUT2D eigenvalue weighted by Gasteiger charge is 2.25. The van der Waals surface area contributed by atoms with Crippen molar-refractivity contribution in [2.75, 3.05) is 5.32 Å². The minimum atomic E-state index is -1.52. The molecule has 8 heteroatoms. The van der Waals surface area contributed by atoms with Crippen LogP contribution in [-0.2, 0) is 6.54 Å². The molecular weight excluding hydrogens is 369 g/mol. The van der Waals surface area contributed by atoms with Crippen molar-refractivity contribution in [3.8, 4) is 5.75 Å².